The van der Waals surface area contributed by atoms with Crippen molar-refractivity contribution in [2.75, 3.05) is 6.54 Å². The Labute approximate surface area is 107 Å². The van der Waals surface area contributed by atoms with Crippen molar-refractivity contribution in [1.82, 2.24) is 10.3 Å². The first-order valence-electron chi connectivity index (χ1n) is 5.40. The summed E-state index contributed by atoms with van der Waals surface area (Å²) in [6, 6.07) is 1.86. The van der Waals surface area contributed by atoms with E-state index in [-0.39, 0.29) is 11.5 Å². The quantitative estimate of drug-likeness (QED) is 0.886. The summed E-state index contributed by atoms with van der Waals surface area (Å²) < 4.78 is 0. The van der Waals surface area contributed by atoms with E-state index in [4.69, 9.17) is 23.2 Å². The van der Waals surface area contributed by atoms with Gasteiger partial charge in [0, 0.05) is 6.20 Å². The average molecular weight is 261 g/mol. The van der Waals surface area contributed by atoms with Gasteiger partial charge in [-0.3, -0.25) is 4.98 Å². The SMILES string of the molecule is CCNC(c1ncc(Cl)cc1Cl)C(C)(C)C. The Balaban J connectivity index is 3.11. The Hall–Kier alpha value is -0.310. The Morgan fingerprint density at radius 1 is 1.38 bits per heavy atom. The molecule has 1 atom stereocenters. The predicted molar refractivity (Wildman–Crippen MR) is 70.1 cm³/mol. The molecule has 1 N–H and O–H groups in total. The molecule has 1 aromatic heterocycles. The zero-order chi connectivity index (χ0) is 12.3. The van der Waals surface area contributed by atoms with E-state index in [9.17, 15) is 0 Å². The molecule has 0 aliphatic heterocycles. The second kappa shape index (κ2) is 5.35. The van der Waals surface area contributed by atoms with Crippen LogP contribution < -0.4 is 5.32 Å². The van der Waals surface area contributed by atoms with E-state index in [0.717, 1.165) is 12.2 Å². The first kappa shape index (κ1) is 13.8. The van der Waals surface area contributed by atoms with Gasteiger partial charge in [0.2, 0.25) is 0 Å². The van der Waals surface area contributed by atoms with Crippen LogP contribution in [0.1, 0.15) is 39.4 Å². The molecule has 0 bridgehead atoms. The fourth-order valence-corrected chi connectivity index (χ4v) is 2.14. The lowest BCUT2D eigenvalue weighted by Crippen LogP contribution is -2.33. The number of halogens is 2. The van der Waals surface area contributed by atoms with Crippen molar-refractivity contribution >= 4 is 23.2 Å². The maximum absolute atomic E-state index is 6.18. The molecular weight excluding hydrogens is 243 g/mol. The van der Waals surface area contributed by atoms with Gasteiger partial charge in [-0.25, -0.2) is 0 Å². The molecule has 0 aliphatic carbocycles. The summed E-state index contributed by atoms with van der Waals surface area (Å²) in [4.78, 5) is 4.34. The number of hydrogen-bond acceptors (Lipinski definition) is 2. The van der Waals surface area contributed by atoms with E-state index >= 15 is 0 Å². The number of nitrogens with one attached hydrogen (secondary N) is 1. The molecule has 2 nitrogen and oxygen atoms in total. The van der Waals surface area contributed by atoms with Crippen molar-refractivity contribution < 1.29 is 0 Å². The molecule has 1 unspecified atom stereocenters. The van der Waals surface area contributed by atoms with Crippen LogP contribution in [0.15, 0.2) is 12.3 Å². The largest absolute Gasteiger partial charge is 0.308 e. The van der Waals surface area contributed by atoms with Gasteiger partial charge in [-0.2, -0.15) is 0 Å². The van der Waals surface area contributed by atoms with E-state index < -0.39 is 0 Å². The van der Waals surface area contributed by atoms with Crippen molar-refractivity contribution in [3.63, 3.8) is 0 Å². The predicted octanol–water partition coefficient (Wildman–Crippen LogP) is 4.09. The molecule has 0 saturated carbocycles. The van der Waals surface area contributed by atoms with Crippen molar-refractivity contribution in [2.24, 2.45) is 5.41 Å². The minimum absolute atomic E-state index is 0.0560. The van der Waals surface area contributed by atoms with Gasteiger partial charge in [-0.05, 0) is 18.0 Å². The number of rotatable bonds is 3. The minimum atomic E-state index is 0.0560. The molecule has 0 radical (unpaired) electrons. The fraction of sp³-hybridized carbons (Fsp3) is 0.583. The third-order valence-electron chi connectivity index (χ3n) is 2.38. The van der Waals surface area contributed by atoms with Crippen LogP contribution in [-0.2, 0) is 0 Å². The average Bonchev–Trinajstić information content (AvgIpc) is 2.13. The molecular formula is C12H18Cl2N2. The van der Waals surface area contributed by atoms with Crippen molar-refractivity contribution in [1.29, 1.82) is 0 Å². The van der Waals surface area contributed by atoms with E-state index in [1.165, 1.54) is 0 Å². The lowest BCUT2D eigenvalue weighted by Gasteiger charge is -2.31. The number of pyridine rings is 1. The monoisotopic (exact) mass is 260 g/mol. The summed E-state index contributed by atoms with van der Waals surface area (Å²) in [7, 11) is 0. The summed E-state index contributed by atoms with van der Waals surface area (Å²) in [6.45, 7) is 9.43. The van der Waals surface area contributed by atoms with E-state index in [1.54, 1.807) is 12.3 Å². The molecule has 0 spiro atoms. The van der Waals surface area contributed by atoms with Crippen molar-refractivity contribution in [3.05, 3.63) is 28.0 Å². The van der Waals surface area contributed by atoms with Crippen LogP contribution in [0, 0.1) is 5.41 Å². The van der Waals surface area contributed by atoms with Gasteiger partial charge in [0.15, 0.2) is 0 Å². The first-order valence-corrected chi connectivity index (χ1v) is 6.16. The minimum Gasteiger partial charge on any atom is -0.308 e. The molecule has 1 rings (SSSR count). The van der Waals surface area contributed by atoms with Crippen LogP contribution in [-0.4, -0.2) is 11.5 Å². The third kappa shape index (κ3) is 3.34. The van der Waals surface area contributed by atoms with Crippen molar-refractivity contribution in [2.45, 2.75) is 33.7 Å². The zero-order valence-corrected chi connectivity index (χ0v) is 11.7. The number of aromatic nitrogens is 1. The van der Waals surface area contributed by atoms with Crippen LogP contribution in [0.3, 0.4) is 0 Å². The second-order valence-corrected chi connectivity index (χ2v) is 5.72. The third-order valence-corrected chi connectivity index (χ3v) is 2.89. The van der Waals surface area contributed by atoms with Gasteiger partial charge in [0.25, 0.3) is 0 Å². The van der Waals surface area contributed by atoms with Crippen LogP contribution in [0.5, 0.6) is 0 Å². The van der Waals surface area contributed by atoms with Gasteiger partial charge in [-0.1, -0.05) is 50.9 Å². The summed E-state index contributed by atoms with van der Waals surface area (Å²) in [5.41, 5.74) is 0.918. The van der Waals surface area contributed by atoms with Crippen LogP contribution in [0.4, 0.5) is 0 Å². The highest BCUT2D eigenvalue weighted by Crippen LogP contribution is 2.35. The van der Waals surface area contributed by atoms with Crippen molar-refractivity contribution in [3.8, 4) is 0 Å². The number of hydrogen-bond donors (Lipinski definition) is 1. The van der Waals surface area contributed by atoms with Gasteiger partial charge >= 0.3 is 0 Å². The smallest absolute Gasteiger partial charge is 0.0765 e. The molecule has 1 heterocycles. The molecule has 0 fully saturated rings. The van der Waals surface area contributed by atoms with Gasteiger partial charge < -0.3 is 5.32 Å². The maximum atomic E-state index is 6.18. The normalized spacial score (nSPS) is 13.9. The summed E-state index contributed by atoms with van der Waals surface area (Å²) in [5.74, 6) is 0. The maximum Gasteiger partial charge on any atom is 0.0765 e. The van der Waals surface area contributed by atoms with Crippen LogP contribution >= 0.6 is 23.2 Å². The molecule has 4 heteroatoms. The Bertz CT molecular complexity index is 359. The molecule has 0 aliphatic rings. The molecule has 16 heavy (non-hydrogen) atoms. The van der Waals surface area contributed by atoms with Gasteiger partial charge in [0.05, 0.1) is 21.8 Å². The standard InChI is InChI=1S/C12H18Cl2N2/c1-5-15-11(12(2,3)4)10-9(14)6-8(13)7-16-10/h6-7,11,15H,5H2,1-4H3. The van der Waals surface area contributed by atoms with Gasteiger partial charge in [0.1, 0.15) is 0 Å². The highest BCUT2D eigenvalue weighted by Gasteiger charge is 2.28. The highest BCUT2D eigenvalue weighted by atomic mass is 35.5. The topological polar surface area (TPSA) is 24.9 Å². The second-order valence-electron chi connectivity index (χ2n) is 4.88. The first-order chi connectivity index (χ1) is 7.36. The van der Waals surface area contributed by atoms with E-state index in [2.05, 4.69) is 38.0 Å². The molecule has 0 saturated heterocycles. The van der Waals surface area contributed by atoms with E-state index in [0.29, 0.717) is 10.0 Å². The molecule has 1 aromatic rings. The number of nitrogens with zero attached hydrogens (tertiary/aromatic N) is 1. The summed E-state index contributed by atoms with van der Waals surface area (Å²) >= 11 is 12.0. The zero-order valence-electron chi connectivity index (χ0n) is 10.1. The molecule has 0 amide bonds. The fourth-order valence-electron chi connectivity index (χ4n) is 1.65. The van der Waals surface area contributed by atoms with Crippen LogP contribution in [0.2, 0.25) is 10.0 Å². The summed E-state index contributed by atoms with van der Waals surface area (Å²) in [5, 5.41) is 4.60. The Kier molecular flexibility index (Phi) is 4.60. The molecule has 90 valence electrons. The van der Waals surface area contributed by atoms with Gasteiger partial charge in [-0.15, -0.1) is 0 Å². The molecule has 0 aromatic carbocycles. The highest BCUT2D eigenvalue weighted by molar-refractivity contribution is 6.34. The Morgan fingerprint density at radius 3 is 2.44 bits per heavy atom. The lowest BCUT2D eigenvalue weighted by molar-refractivity contribution is 0.271. The lowest BCUT2D eigenvalue weighted by atomic mass is 9.84. The van der Waals surface area contributed by atoms with Crippen LogP contribution in [0.25, 0.3) is 0 Å². The summed E-state index contributed by atoms with van der Waals surface area (Å²) in [6.07, 6.45) is 1.64. The Morgan fingerprint density at radius 2 is 2.00 bits per heavy atom. The van der Waals surface area contributed by atoms with E-state index in [1.807, 2.05) is 0 Å².